The van der Waals surface area contributed by atoms with Gasteiger partial charge in [0.15, 0.2) is 0 Å². The quantitative estimate of drug-likeness (QED) is 0.854. The van der Waals surface area contributed by atoms with Crippen LogP contribution >= 0.6 is 23.8 Å². The summed E-state index contributed by atoms with van der Waals surface area (Å²) in [7, 11) is 0. The Hall–Kier alpha value is -1.20. The number of rotatable bonds is 2. The summed E-state index contributed by atoms with van der Waals surface area (Å²) in [5.41, 5.74) is 5.54. The predicted molar refractivity (Wildman–Crippen MR) is 76.8 cm³/mol. The van der Waals surface area contributed by atoms with E-state index in [4.69, 9.17) is 29.6 Å². The highest BCUT2D eigenvalue weighted by atomic mass is 35.5. The number of likely N-dealkylation sites (tertiary alicyclic amines) is 1. The minimum absolute atomic E-state index is 0.0575. The van der Waals surface area contributed by atoms with Crippen LogP contribution in [0.15, 0.2) is 18.2 Å². The molecule has 0 aromatic heterocycles. The van der Waals surface area contributed by atoms with Gasteiger partial charge in [-0.05, 0) is 25.0 Å². The zero-order valence-corrected chi connectivity index (χ0v) is 11.8. The van der Waals surface area contributed by atoms with E-state index in [2.05, 4.69) is 0 Å². The van der Waals surface area contributed by atoms with Gasteiger partial charge in [-0.25, -0.2) is 4.39 Å². The van der Waals surface area contributed by atoms with Crippen molar-refractivity contribution in [3.8, 4) is 0 Å². The van der Waals surface area contributed by atoms with Crippen molar-refractivity contribution in [3.05, 3.63) is 34.6 Å². The number of nitrogens with two attached hydrogens (primary N) is 1. The van der Waals surface area contributed by atoms with Gasteiger partial charge in [-0.2, -0.15) is 0 Å². The third-order valence-corrected chi connectivity index (χ3v) is 4.01. The van der Waals surface area contributed by atoms with Crippen LogP contribution in [-0.4, -0.2) is 28.9 Å². The van der Waals surface area contributed by atoms with Crippen molar-refractivity contribution in [1.29, 1.82) is 0 Å². The number of hydrogen-bond donors (Lipinski definition) is 1. The molecule has 102 valence electrons. The molecule has 0 bridgehead atoms. The Labute approximate surface area is 121 Å². The fraction of sp³-hybridized carbons (Fsp3) is 0.385. The smallest absolute Gasteiger partial charge is 0.258 e. The molecule has 2 rings (SSSR count). The largest absolute Gasteiger partial charge is 0.393 e. The van der Waals surface area contributed by atoms with Crippen LogP contribution < -0.4 is 5.73 Å². The first-order valence-electron chi connectivity index (χ1n) is 6.03. The summed E-state index contributed by atoms with van der Waals surface area (Å²) in [6.07, 6.45) is 1.43. The van der Waals surface area contributed by atoms with Crippen molar-refractivity contribution in [2.24, 2.45) is 11.7 Å². The highest BCUT2D eigenvalue weighted by molar-refractivity contribution is 7.80. The average molecular weight is 301 g/mol. The van der Waals surface area contributed by atoms with E-state index >= 15 is 0 Å². The monoisotopic (exact) mass is 300 g/mol. The van der Waals surface area contributed by atoms with Crippen LogP contribution in [-0.2, 0) is 0 Å². The van der Waals surface area contributed by atoms with Crippen LogP contribution in [0.2, 0.25) is 5.02 Å². The van der Waals surface area contributed by atoms with E-state index in [9.17, 15) is 9.18 Å². The second-order valence-electron chi connectivity index (χ2n) is 4.57. The molecule has 19 heavy (non-hydrogen) atoms. The van der Waals surface area contributed by atoms with Crippen LogP contribution in [0.3, 0.4) is 0 Å². The third-order valence-electron chi connectivity index (χ3n) is 3.36. The zero-order chi connectivity index (χ0) is 14.0. The molecule has 1 aromatic rings. The highest BCUT2D eigenvalue weighted by Crippen LogP contribution is 2.24. The lowest BCUT2D eigenvalue weighted by atomic mass is 9.96. The van der Waals surface area contributed by atoms with E-state index in [1.54, 1.807) is 4.90 Å². The lowest BCUT2D eigenvalue weighted by Gasteiger charge is -2.31. The number of carbonyl (C=O) groups is 1. The van der Waals surface area contributed by atoms with Gasteiger partial charge < -0.3 is 10.6 Å². The number of benzene rings is 1. The van der Waals surface area contributed by atoms with E-state index < -0.39 is 5.82 Å². The molecule has 0 saturated carbocycles. The van der Waals surface area contributed by atoms with Gasteiger partial charge >= 0.3 is 0 Å². The molecule has 0 aliphatic carbocycles. The van der Waals surface area contributed by atoms with Crippen molar-refractivity contribution < 1.29 is 9.18 Å². The third kappa shape index (κ3) is 3.04. The molecule has 1 saturated heterocycles. The average Bonchev–Trinajstić information content (AvgIpc) is 2.38. The lowest BCUT2D eigenvalue weighted by Crippen LogP contribution is -2.41. The Bertz CT molecular complexity index is 495. The molecule has 0 atom stereocenters. The molecule has 0 radical (unpaired) electrons. The van der Waals surface area contributed by atoms with Crippen molar-refractivity contribution >= 4 is 34.7 Å². The molecule has 1 heterocycles. The molecule has 6 heteroatoms. The van der Waals surface area contributed by atoms with E-state index in [-0.39, 0.29) is 22.4 Å². The Morgan fingerprint density at radius 2 is 2.05 bits per heavy atom. The first-order chi connectivity index (χ1) is 9.00. The van der Waals surface area contributed by atoms with E-state index in [1.165, 1.54) is 18.2 Å². The first kappa shape index (κ1) is 14.2. The summed E-state index contributed by atoms with van der Waals surface area (Å²) in [4.78, 5) is 14.3. The van der Waals surface area contributed by atoms with Gasteiger partial charge in [0.2, 0.25) is 0 Å². The molecule has 1 aromatic carbocycles. The molecule has 0 spiro atoms. The van der Waals surface area contributed by atoms with Crippen LogP contribution in [0.5, 0.6) is 0 Å². The van der Waals surface area contributed by atoms with Gasteiger partial charge in [0.05, 0.1) is 15.6 Å². The van der Waals surface area contributed by atoms with Crippen LogP contribution in [0.25, 0.3) is 0 Å². The summed E-state index contributed by atoms with van der Waals surface area (Å²) in [6, 6.07) is 4.23. The predicted octanol–water partition coefficient (Wildman–Crippen LogP) is 2.62. The Morgan fingerprint density at radius 1 is 1.42 bits per heavy atom. The van der Waals surface area contributed by atoms with Crippen molar-refractivity contribution in [3.63, 3.8) is 0 Å². The van der Waals surface area contributed by atoms with Crippen LogP contribution in [0.4, 0.5) is 4.39 Å². The summed E-state index contributed by atoms with van der Waals surface area (Å²) < 4.78 is 13.7. The molecule has 0 unspecified atom stereocenters. The molecule has 3 nitrogen and oxygen atoms in total. The van der Waals surface area contributed by atoms with Crippen LogP contribution in [0.1, 0.15) is 23.2 Å². The summed E-state index contributed by atoms with van der Waals surface area (Å²) in [5.74, 6) is -0.798. The molecular weight excluding hydrogens is 287 g/mol. The van der Waals surface area contributed by atoms with Gasteiger partial charge in [0.25, 0.3) is 5.91 Å². The van der Waals surface area contributed by atoms with Crippen molar-refractivity contribution in [2.75, 3.05) is 13.1 Å². The maximum absolute atomic E-state index is 13.7. The highest BCUT2D eigenvalue weighted by Gasteiger charge is 2.27. The molecule has 2 N–H and O–H groups in total. The van der Waals surface area contributed by atoms with Gasteiger partial charge in [-0.15, -0.1) is 0 Å². The number of halogens is 2. The molecule has 1 aliphatic rings. The van der Waals surface area contributed by atoms with E-state index in [0.29, 0.717) is 30.9 Å². The van der Waals surface area contributed by atoms with Gasteiger partial charge in [0, 0.05) is 19.0 Å². The molecule has 1 aliphatic heterocycles. The second-order valence-corrected chi connectivity index (χ2v) is 5.44. The normalized spacial score (nSPS) is 16.4. The van der Waals surface area contributed by atoms with Crippen molar-refractivity contribution in [1.82, 2.24) is 4.90 Å². The van der Waals surface area contributed by atoms with Crippen LogP contribution in [0, 0.1) is 11.7 Å². The second kappa shape index (κ2) is 5.84. The summed E-state index contributed by atoms with van der Waals surface area (Å²) in [5, 5.41) is 0.140. The SMILES string of the molecule is NC(=S)C1CCN(C(=O)c2c(F)cccc2Cl)CC1. The maximum Gasteiger partial charge on any atom is 0.258 e. The number of amides is 1. The fourth-order valence-electron chi connectivity index (χ4n) is 2.23. The van der Waals surface area contributed by atoms with E-state index in [1.807, 2.05) is 0 Å². The number of thiocarbonyl (C=S) groups is 1. The summed E-state index contributed by atoms with van der Waals surface area (Å²) in [6.45, 7) is 1.04. The topological polar surface area (TPSA) is 46.3 Å². The summed E-state index contributed by atoms with van der Waals surface area (Å²) >= 11 is 10.8. The van der Waals surface area contributed by atoms with Gasteiger partial charge in [-0.3, -0.25) is 4.79 Å². The lowest BCUT2D eigenvalue weighted by molar-refractivity contribution is 0.0706. The maximum atomic E-state index is 13.7. The first-order valence-corrected chi connectivity index (χ1v) is 6.82. The molecule has 1 amide bonds. The minimum Gasteiger partial charge on any atom is -0.393 e. The Morgan fingerprint density at radius 3 is 2.58 bits per heavy atom. The van der Waals surface area contributed by atoms with E-state index in [0.717, 1.165) is 0 Å². The Balaban J connectivity index is 2.12. The van der Waals surface area contributed by atoms with Gasteiger partial charge in [0.1, 0.15) is 5.82 Å². The molecular formula is C13H14ClFN2OS. The van der Waals surface area contributed by atoms with Gasteiger partial charge in [-0.1, -0.05) is 29.9 Å². The zero-order valence-electron chi connectivity index (χ0n) is 10.2. The Kier molecular flexibility index (Phi) is 4.37. The molecule has 1 fully saturated rings. The van der Waals surface area contributed by atoms with Crippen molar-refractivity contribution in [2.45, 2.75) is 12.8 Å². The minimum atomic E-state index is -0.589. The fourth-order valence-corrected chi connectivity index (χ4v) is 2.71. The number of hydrogen-bond acceptors (Lipinski definition) is 2. The number of piperidine rings is 1. The number of nitrogens with zero attached hydrogens (tertiary/aromatic N) is 1. The standard InChI is InChI=1S/C13H14ClFN2OS/c14-9-2-1-3-10(15)11(9)13(18)17-6-4-8(5-7-17)12(16)19/h1-3,8H,4-7H2,(H2,16,19). The number of carbonyl (C=O) groups excluding carboxylic acids is 1.